The van der Waals surface area contributed by atoms with Crippen molar-refractivity contribution in [2.75, 3.05) is 14.2 Å². The van der Waals surface area contributed by atoms with Crippen LogP contribution in [0.4, 0.5) is 4.79 Å². The van der Waals surface area contributed by atoms with E-state index in [2.05, 4.69) is 0 Å². The fraction of sp³-hybridized carbons (Fsp3) is 0.333. The molecule has 0 aliphatic carbocycles. The number of imide groups is 1. The van der Waals surface area contributed by atoms with Crippen molar-refractivity contribution in [2.45, 2.75) is 19.9 Å². The maximum atomic E-state index is 12.3. The molecular formula is C15H16ClNO4S. The smallest absolute Gasteiger partial charge is 0.293 e. The molecule has 1 aromatic carbocycles. The predicted molar refractivity (Wildman–Crippen MR) is 87.5 cm³/mol. The molecule has 1 fully saturated rings. The molecule has 1 saturated heterocycles. The summed E-state index contributed by atoms with van der Waals surface area (Å²) >= 11 is 7.10. The molecule has 0 saturated carbocycles. The van der Waals surface area contributed by atoms with Crippen LogP contribution in [0.5, 0.6) is 11.5 Å². The highest BCUT2D eigenvalue weighted by molar-refractivity contribution is 8.18. The van der Waals surface area contributed by atoms with E-state index >= 15 is 0 Å². The van der Waals surface area contributed by atoms with Crippen LogP contribution in [0.1, 0.15) is 19.4 Å². The Morgan fingerprint density at radius 3 is 2.27 bits per heavy atom. The summed E-state index contributed by atoms with van der Waals surface area (Å²) in [5.74, 6) is 0.692. The number of amides is 2. The number of hydrogen-bond donors (Lipinski definition) is 0. The molecule has 2 rings (SSSR count). The first-order valence-electron chi connectivity index (χ1n) is 6.57. The number of benzene rings is 1. The number of nitrogens with zero attached hydrogens (tertiary/aromatic N) is 1. The lowest BCUT2D eigenvalue weighted by Gasteiger charge is -2.16. The van der Waals surface area contributed by atoms with Gasteiger partial charge in [-0.2, -0.15) is 0 Å². The molecule has 1 aliphatic heterocycles. The van der Waals surface area contributed by atoms with Gasteiger partial charge in [-0.15, -0.1) is 0 Å². The van der Waals surface area contributed by atoms with Crippen molar-refractivity contribution in [3.63, 3.8) is 0 Å². The molecule has 7 heteroatoms. The largest absolute Gasteiger partial charge is 0.493 e. The van der Waals surface area contributed by atoms with Gasteiger partial charge in [0.05, 0.1) is 24.1 Å². The number of rotatable bonds is 4. The minimum Gasteiger partial charge on any atom is -0.493 e. The summed E-state index contributed by atoms with van der Waals surface area (Å²) in [7, 11) is 3.03. The molecule has 0 radical (unpaired) electrons. The van der Waals surface area contributed by atoms with Gasteiger partial charge in [-0.25, -0.2) is 0 Å². The summed E-state index contributed by atoms with van der Waals surface area (Å²) in [6.07, 6.45) is 1.59. The van der Waals surface area contributed by atoms with Crippen molar-refractivity contribution in [3.05, 3.63) is 27.6 Å². The molecule has 0 spiro atoms. The van der Waals surface area contributed by atoms with E-state index in [0.717, 1.165) is 11.8 Å². The second kappa shape index (κ2) is 6.62. The standard InChI is InChI=1S/C15H16ClNO4S/c1-8(2)17-14(18)13(22-15(17)19)6-9-5-11(20-3)12(21-4)7-10(9)16/h5-8H,1-4H3/b13-6+. The quantitative estimate of drug-likeness (QED) is 0.780. The number of ether oxygens (including phenoxy) is 2. The van der Waals surface area contributed by atoms with E-state index in [1.165, 1.54) is 19.1 Å². The van der Waals surface area contributed by atoms with Crippen LogP contribution in [0.15, 0.2) is 17.0 Å². The summed E-state index contributed by atoms with van der Waals surface area (Å²) in [4.78, 5) is 25.7. The average Bonchev–Trinajstić information content (AvgIpc) is 2.74. The fourth-order valence-corrected chi connectivity index (χ4v) is 3.21. The molecule has 0 bridgehead atoms. The van der Waals surface area contributed by atoms with Crippen molar-refractivity contribution in [3.8, 4) is 11.5 Å². The van der Waals surface area contributed by atoms with E-state index in [1.54, 1.807) is 32.1 Å². The van der Waals surface area contributed by atoms with E-state index in [1.807, 2.05) is 0 Å². The van der Waals surface area contributed by atoms with Gasteiger partial charge in [0.25, 0.3) is 11.1 Å². The number of methoxy groups -OCH3 is 2. The Morgan fingerprint density at radius 2 is 1.77 bits per heavy atom. The lowest BCUT2D eigenvalue weighted by molar-refractivity contribution is -0.123. The molecule has 118 valence electrons. The molecular weight excluding hydrogens is 326 g/mol. The third kappa shape index (κ3) is 3.08. The molecule has 1 aliphatic rings. The van der Waals surface area contributed by atoms with Crippen LogP contribution in [0.2, 0.25) is 5.02 Å². The van der Waals surface area contributed by atoms with Gasteiger partial charge in [0, 0.05) is 12.1 Å². The summed E-state index contributed by atoms with van der Waals surface area (Å²) < 4.78 is 10.4. The van der Waals surface area contributed by atoms with Crippen molar-refractivity contribution >= 4 is 40.6 Å². The van der Waals surface area contributed by atoms with Gasteiger partial charge < -0.3 is 9.47 Å². The summed E-state index contributed by atoms with van der Waals surface area (Å²) in [6, 6.07) is 3.10. The molecule has 5 nitrogen and oxygen atoms in total. The molecule has 2 amide bonds. The predicted octanol–water partition coefficient (Wildman–Crippen LogP) is 3.80. The Bertz CT molecular complexity index is 657. The number of carbonyl (C=O) groups is 2. The first kappa shape index (κ1) is 16.7. The number of carbonyl (C=O) groups excluding carboxylic acids is 2. The summed E-state index contributed by atoms with van der Waals surface area (Å²) in [5, 5.41) is 0.136. The first-order valence-corrected chi connectivity index (χ1v) is 7.77. The Hall–Kier alpha value is -1.66. The maximum Gasteiger partial charge on any atom is 0.293 e. The van der Waals surface area contributed by atoms with E-state index in [0.29, 0.717) is 27.0 Å². The zero-order valence-corrected chi connectivity index (χ0v) is 14.2. The van der Waals surface area contributed by atoms with Gasteiger partial charge in [0.15, 0.2) is 11.5 Å². The van der Waals surface area contributed by atoms with Gasteiger partial charge in [-0.1, -0.05) is 11.6 Å². The second-order valence-electron chi connectivity index (χ2n) is 4.87. The van der Waals surface area contributed by atoms with Crippen molar-refractivity contribution in [1.82, 2.24) is 4.90 Å². The minimum absolute atomic E-state index is 0.181. The van der Waals surface area contributed by atoms with Crippen LogP contribution in [-0.2, 0) is 4.79 Å². The highest BCUT2D eigenvalue weighted by atomic mass is 35.5. The molecule has 22 heavy (non-hydrogen) atoms. The fourth-order valence-electron chi connectivity index (χ4n) is 2.05. The SMILES string of the molecule is COc1cc(Cl)c(/C=C2/SC(=O)N(C(C)C)C2=O)cc1OC. The molecule has 0 aromatic heterocycles. The minimum atomic E-state index is -0.309. The first-order chi connectivity index (χ1) is 10.4. The summed E-state index contributed by atoms with van der Waals surface area (Å²) in [5.41, 5.74) is 0.591. The highest BCUT2D eigenvalue weighted by Gasteiger charge is 2.36. The van der Waals surface area contributed by atoms with Crippen molar-refractivity contribution in [1.29, 1.82) is 0 Å². The van der Waals surface area contributed by atoms with Gasteiger partial charge >= 0.3 is 0 Å². The van der Waals surface area contributed by atoms with Gasteiger partial charge in [-0.3, -0.25) is 14.5 Å². The van der Waals surface area contributed by atoms with E-state index in [-0.39, 0.29) is 17.2 Å². The Labute approximate surface area is 138 Å². The van der Waals surface area contributed by atoms with Crippen LogP contribution in [0, 0.1) is 0 Å². The van der Waals surface area contributed by atoms with E-state index < -0.39 is 0 Å². The molecule has 1 heterocycles. The van der Waals surface area contributed by atoms with Crippen LogP contribution in [-0.4, -0.2) is 36.3 Å². The molecule has 1 aromatic rings. The Morgan fingerprint density at radius 1 is 1.18 bits per heavy atom. The van der Waals surface area contributed by atoms with Gasteiger partial charge in [-0.05, 0) is 43.3 Å². The Balaban J connectivity index is 2.42. The molecule has 0 atom stereocenters. The van der Waals surface area contributed by atoms with Gasteiger partial charge in [0.1, 0.15) is 0 Å². The third-order valence-corrected chi connectivity index (χ3v) is 4.34. The lowest BCUT2D eigenvalue weighted by atomic mass is 10.1. The van der Waals surface area contributed by atoms with Crippen molar-refractivity contribution < 1.29 is 19.1 Å². The molecule has 0 N–H and O–H groups in total. The van der Waals surface area contributed by atoms with E-state index in [9.17, 15) is 9.59 Å². The maximum absolute atomic E-state index is 12.3. The van der Waals surface area contributed by atoms with Crippen LogP contribution >= 0.6 is 23.4 Å². The van der Waals surface area contributed by atoms with Gasteiger partial charge in [0.2, 0.25) is 0 Å². The second-order valence-corrected chi connectivity index (χ2v) is 6.27. The number of hydrogen-bond acceptors (Lipinski definition) is 5. The number of thioether (sulfide) groups is 1. The topological polar surface area (TPSA) is 55.8 Å². The monoisotopic (exact) mass is 341 g/mol. The summed E-state index contributed by atoms with van der Waals surface area (Å²) in [6.45, 7) is 3.59. The zero-order chi connectivity index (χ0) is 16.4. The van der Waals surface area contributed by atoms with Crippen molar-refractivity contribution in [2.24, 2.45) is 0 Å². The van der Waals surface area contributed by atoms with Crippen LogP contribution in [0.3, 0.4) is 0 Å². The molecule has 0 unspecified atom stereocenters. The Kier molecular flexibility index (Phi) is 5.03. The normalized spacial score (nSPS) is 16.8. The third-order valence-electron chi connectivity index (χ3n) is 3.13. The van der Waals surface area contributed by atoms with E-state index in [4.69, 9.17) is 21.1 Å². The van der Waals surface area contributed by atoms with Crippen LogP contribution < -0.4 is 9.47 Å². The average molecular weight is 342 g/mol. The zero-order valence-electron chi connectivity index (χ0n) is 12.7. The van der Waals surface area contributed by atoms with Crippen LogP contribution in [0.25, 0.3) is 6.08 Å². The number of halogens is 1. The lowest BCUT2D eigenvalue weighted by Crippen LogP contribution is -2.34. The highest BCUT2D eigenvalue weighted by Crippen LogP contribution is 2.38.